The van der Waals surface area contributed by atoms with Gasteiger partial charge in [0.25, 0.3) is 0 Å². The van der Waals surface area contributed by atoms with Crippen LogP contribution in [0.1, 0.15) is 6.92 Å². The van der Waals surface area contributed by atoms with Crippen molar-refractivity contribution in [1.82, 2.24) is 10.0 Å². The first-order valence-electron chi connectivity index (χ1n) is 5.98. The van der Waals surface area contributed by atoms with Crippen molar-refractivity contribution in [3.63, 3.8) is 0 Å². The molecule has 0 bridgehead atoms. The van der Waals surface area contributed by atoms with E-state index in [1.165, 1.54) is 14.2 Å². The Morgan fingerprint density at radius 2 is 1.68 bits per heavy atom. The maximum atomic E-state index is 12.3. The number of rotatable bonds is 8. The molecule has 0 unspecified atom stereocenters. The molecular formula is C12H20N2O4S. The summed E-state index contributed by atoms with van der Waals surface area (Å²) in [6, 6.07) is 4.85. The first kappa shape index (κ1) is 15.7. The fourth-order valence-electron chi connectivity index (χ4n) is 1.60. The molecule has 0 saturated heterocycles. The van der Waals surface area contributed by atoms with Gasteiger partial charge in [-0.05, 0) is 18.7 Å². The van der Waals surface area contributed by atoms with Gasteiger partial charge in [0.15, 0.2) is 4.90 Å². The molecule has 0 aliphatic carbocycles. The Bertz CT molecular complexity index is 480. The summed E-state index contributed by atoms with van der Waals surface area (Å²) in [7, 11) is -0.820. The van der Waals surface area contributed by atoms with Crippen molar-refractivity contribution < 1.29 is 17.9 Å². The number of nitrogens with one attached hydrogen (secondary N) is 2. The Labute approximate surface area is 114 Å². The van der Waals surface area contributed by atoms with Gasteiger partial charge >= 0.3 is 0 Å². The van der Waals surface area contributed by atoms with Crippen LogP contribution < -0.4 is 19.5 Å². The van der Waals surface area contributed by atoms with Gasteiger partial charge in [-0.3, -0.25) is 0 Å². The second-order valence-corrected chi connectivity index (χ2v) is 5.45. The Morgan fingerprint density at radius 3 is 2.16 bits per heavy atom. The van der Waals surface area contributed by atoms with Crippen LogP contribution in [0.15, 0.2) is 23.1 Å². The average Bonchev–Trinajstić information content (AvgIpc) is 2.42. The average molecular weight is 288 g/mol. The van der Waals surface area contributed by atoms with Crippen molar-refractivity contribution in [3.05, 3.63) is 18.2 Å². The van der Waals surface area contributed by atoms with Crippen molar-refractivity contribution >= 4 is 10.0 Å². The summed E-state index contributed by atoms with van der Waals surface area (Å²) < 4.78 is 37.2. The van der Waals surface area contributed by atoms with Gasteiger partial charge in [0.2, 0.25) is 10.0 Å². The van der Waals surface area contributed by atoms with Gasteiger partial charge in [-0.15, -0.1) is 0 Å². The van der Waals surface area contributed by atoms with Gasteiger partial charge in [-0.25, -0.2) is 13.1 Å². The Morgan fingerprint density at radius 1 is 1.11 bits per heavy atom. The van der Waals surface area contributed by atoms with Crippen LogP contribution in [0.5, 0.6) is 11.5 Å². The number of hydrogen-bond acceptors (Lipinski definition) is 5. The highest BCUT2D eigenvalue weighted by atomic mass is 32.2. The number of methoxy groups -OCH3 is 2. The molecule has 0 amide bonds. The van der Waals surface area contributed by atoms with E-state index < -0.39 is 10.0 Å². The molecule has 0 aliphatic rings. The van der Waals surface area contributed by atoms with Crippen LogP contribution in [-0.4, -0.2) is 42.3 Å². The molecule has 6 nitrogen and oxygen atoms in total. The third kappa shape index (κ3) is 4.09. The highest BCUT2D eigenvalue weighted by Crippen LogP contribution is 2.32. The van der Waals surface area contributed by atoms with E-state index in [4.69, 9.17) is 9.47 Å². The molecule has 0 saturated carbocycles. The van der Waals surface area contributed by atoms with Crippen molar-refractivity contribution in [2.45, 2.75) is 11.8 Å². The number of hydrogen-bond donors (Lipinski definition) is 2. The van der Waals surface area contributed by atoms with Crippen molar-refractivity contribution in [2.75, 3.05) is 33.9 Å². The van der Waals surface area contributed by atoms with Crippen LogP contribution >= 0.6 is 0 Å². The highest BCUT2D eigenvalue weighted by molar-refractivity contribution is 7.89. The van der Waals surface area contributed by atoms with Gasteiger partial charge in [-0.1, -0.05) is 13.0 Å². The molecule has 2 N–H and O–H groups in total. The van der Waals surface area contributed by atoms with Crippen LogP contribution in [0.3, 0.4) is 0 Å². The summed E-state index contributed by atoms with van der Waals surface area (Å²) in [5.41, 5.74) is 0. The van der Waals surface area contributed by atoms with Crippen molar-refractivity contribution in [2.24, 2.45) is 0 Å². The lowest BCUT2D eigenvalue weighted by atomic mass is 10.3. The van der Waals surface area contributed by atoms with E-state index in [2.05, 4.69) is 10.0 Å². The monoisotopic (exact) mass is 288 g/mol. The van der Waals surface area contributed by atoms with Crippen molar-refractivity contribution in [3.8, 4) is 11.5 Å². The van der Waals surface area contributed by atoms with E-state index in [-0.39, 0.29) is 16.4 Å². The summed E-state index contributed by atoms with van der Waals surface area (Å²) >= 11 is 0. The number of sulfonamides is 1. The predicted octanol–water partition coefficient (Wildman–Crippen LogP) is 0.592. The second-order valence-electron chi connectivity index (χ2n) is 3.74. The first-order valence-corrected chi connectivity index (χ1v) is 7.46. The smallest absolute Gasteiger partial charge is 0.248 e. The van der Waals surface area contributed by atoms with E-state index >= 15 is 0 Å². The molecule has 1 rings (SSSR count). The van der Waals surface area contributed by atoms with Crippen LogP contribution in [0.4, 0.5) is 0 Å². The molecule has 0 spiro atoms. The molecular weight excluding hydrogens is 268 g/mol. The third-order valence-electron chi connectivity index (χ3n) is 2.50. The van der Waals surface area contributed by atoms with E-state index in [1.54, 1.807) is 18.2 Å². The normalized spacial score (nSPS) is 11.3. The van der Waals surface area contributed by atoms with Crippen molar-refractivity contribution in [1.29, 1.82) is 0 Å². The summed E-state index contributed by atoms with van der Waals surface area (Å²) in [5, 5.41) is 3.04. The Hall–Kier alpha value is -1.31. The maximum absolute atomic E-state index is 12.3. The molecule has 0 aliphatic heterocycles. The van der Waals surface area contributed by atoms with Gasteiger partial charge in [0.1, 0.15) is 11.5 Å². The predicted molar refractivity (Wildman–Crippen MR) is 73.3 cm³/mol. The minimum atomic E-state index is -3.67. The molecule has 0 atom stereocenters. The van der Waals surface area contributed by atoms with E-state index in [1.807, 2.05) is 6.92 Å². The number of benzene rings is 1. The van der Waals surface area contributed by atoms with E-state index in [0.717, 1.165) is 6.54 Å². The third-order valence-corrected chi connectivity index (χ3v) is 4.02. The highest BCUT2D eigenvalue weighted by Gasteiger charge is 2.23. The molecule has 7 heteroatoms. The summed E-state index contributed by atoms with van der Waals surface area (Å²) in [6.45, 7) is 3.61. The quantitative estimate of drug-likeness (QED) is 0.685. The first-order chi connectivity index (χ1) is 9.06. The largest absolute Gasteiger partial charge is 0.495 e. The zero-order valence-electron chi connectivity index (χ0n) is 11.4. The Kier molecular flexibility index (Phi) is 6.07. The number of ether oxygens (including phenoxy) is 2. The Balaban J connectivity index is 2.99. The second kappa shape index (κ2) is 7.32. The molecule has 0 fully saturated rings. The van der Waals surface area contributed by atoms with E-state index in [0.29, 0.717) is 13.1 Å². The topological polar surface area (TPSA) is 76.7 Å². The van der Waals surface area contributed by atoms with Crippen LogP contribution in [-0.2, 0) is 10.0 Å². The lowest BCUT2D eigenvalue weighted by Gasteiger charge is -2.14. The van der Waals surface area contributed by atoms with Gasteiger partial charge < -0.3 is 14.8 Å². The fraction of sp³-hybridized carbons (Fsp3) is 0.500. The SMILES string of the molecule is CCNCCNS(=O)(=O)c1c(OC)cccc1OC. The molecule has 1 aromatic carbocycles. The van der Waals surface area contributed by atoms with Gasteiger partial charge in [0.05, 0.1) is 14.2 Å². The van der Waals surface area contributed by atoms with Gasteiger partial charge in [-0.2, -0.15) is 0 Å². The van der Waals surface area contributed by atoms with Gasteiger partial charge in [0, 0.05) is 13.1 Å². The lowest BCUT2D eigenvalue weighted by molar-refractivity contribution is 0.373. The zero-order valence-corrected chi connectivity index (χ0v) is 12.2. The summed E-state index contributed by atoms with van der Waals surface area (Å²) in [5.74, 6) is 0.519. The molecule has 1 aromatic rings. The molecule has 0 aromatic heterocycles. The maximum Gasteiger partial charge on any atom is 0.248 e. The molecule has 19 heavy (non-hydrogen) atoms. The molecule has 108 valence electrons. The summed E-state index contributed by atoms with van der Waals surface area (Å²) in [6.07, 6.45) is 0. The van der Waals surface area contributed by atoms with Crippen LogP contribution in [0, 0.1) is 0 Å². The fourth-order valence-corrected chi connectivity index (χ4v) is 2.95. The van der Waals surface area contributed by atoms with E-state index in [9.17, 15) is 8.42 Å². The summed E-state index contributed by atoms with van der Waals surface area (Å²) in [4.78, 5) is 0.0245. The number of likely N-dealkylation sites (N-methyl/N-ethyl adjacent to an activating group) is 1. The molecule has 0 radical (unpaired) electrons. The zero-order chi connectivity index (χ0) is 14.3. The van der Waals surface area contributed by atoms with Crippen LogP contribution in [0.25, 0.3) is 0 Å². The minimum absolute atomic E-state index is 0.0245. The standard InChI is InChI=1S/C12H20N2O4S/c1-4-13-8-9-14-19(15,16)12-10(17-2)6-5-7-11(12)18-3/h5-7,13-14H,4,8-9H2,1-3H3. The minimum Gasteiger partial charge on any atom is -0.495 e. The lowest BCUT2D eigenvalue weighted by Crippen LogP contribution is -2.32. The van der Waals surface area contributed by atoms with Crippen LogP contribution in [0.2, 0.25) is 0 Å². The molecule has 0 heterocycles.